The highest BCUT2D eigenvalue weighted by Gasteiger charge is 2.17. The summed E-state index contributed by atoms with van der Waals surface area (Å²) in [6, 6.07) is 0. The number of carbonyl (C=O) groups excluding carboxylic acids is 2. The molecule has 0 atom stereocenters. The van der Waals surface area contributed by atoms with Crippen molar-refractivity contribution in [3.05, 3.63) is 16.4 Å². The number of ketones is 1. The number of hydrogen-bond donors (Lipinski definition) is 0. The van der Waals surface area contributed by atoms with E-state index in [-0.39, 0.29) is 0 Å². The van der Waals surface area contributed by atoms with Crippen molar-refractivity contribution in [2.45, 2.75) is 26.9 Å². The van der Waals surface area contributed by atoms with Gasteiger partial charge < -0.3 is 4.90 Å². The Kier molecular flexibility index (Phi) is 4.23. The summed E-state index contributed by atoms with van der Waals surface area (Å²) in [5, 5.41) is 4.14. The Labute approximate surface area is 103 Å². The van der Waals surface area contributed by atoms with Crippen LogP contribution in [-0.4, -0.2) is 33.4 Å². The Morgan fingerprint density at radius 1 is 1.56 bits per heavy atom. The lowest BCUT2D eigenvalue weighted by Gasteiger charge is -2.16. The van der Waals surface area contributed by atoms with Gasteiger partial charge in [0.25, 0.3) is 5.91 Å². The lowest BCUT2D eigenvalue weighted by molar-refractivity contribution is -0.143. The van der Waals surface area contributed by atoms with Crippen molar-refractivity contribution in [2.24, 2.45) is 0 Å². The first-order valence-corrected chi connectivity index (χ1v) is 5.72. The fourth-order valence-electron chi connectivity index (χ4n) is 1.38. The summed E-state index contributed by atoms with van der Waals surface area (Å²) in [7, 11) is 1.60. The van der Waals surface area contributed by atoms with Crippen LogP contribution in [0.4, 0.5) is 0 Å². The van der Waals surface area contributed by atoms with E-state index < -0.39 is 11.7 Å². The number of likely N-dealkylation sites (N-methyl/N-ethyl adjacent to an activating group) is 1. The molecule has 0 aliphatic rings. The average Bonchev–Trinajstić information content (AvgIpc) is 2.58. The van der Waals surface area contributed by atoms with Crippen molar-refractivity contribution in [2.75, 3.05) is 7.05 Å². The van der Waals surface area contributed by atoms with Crippen molar-refractivity contribution in [1.82, 2.24) is 14.7 Å². The van der Waals surface area contributed by atoms with E-state index in [1.54, 1.807) is 17.9 Å². The zero-order chi connectivity index (χ0) is 12.3. The largest absolute Gasteiger partial charge is 0.333 e. The number of aromatic nitrogens is 2. The Bertz CT molecular complexity index is 414. The molecule has 1 aromatic rings. The second kappa shape index (κ2) is 5.25. The van der Waals surface area contributed by atoms with Gasteiger partial charge in [-0.15, -0.1) is 0 Å². The van der Waals surface area contributed by atoms with Gasteiger partial charge >= 0.3 is 0 Å². The van der Waals surface area contributed by atoms with Gasteiger partial charge in [0, 0.05) is 20.5 Å². The Morgan fingerprint density at radius 2 is 2.19 bits per heavy atom. The van der Waals surface area contributed by atoms with Crippen molar-refractivity contribution in [3.63, 3.8) is 0 Å². The molecular formula is C10H14BrN3O2. The van der Waals surface area contributed by atoms with Crippen molar-refractivity contribution in [3.8, 4) is 0 Å². The molecule has 1 aromatic heterocycles. The maximum absolute atomic E-state index is 11.4. The molecule has 5 nitrogen and oxygen atoms in total. The first kappa shape index (κ1) is 12.9. The van der Waals surface area contributed by atoms with E-state index in [2.05, 4.69) is 21.0 Å². The third-order valence-corrected chi connectivity index (χ3v) is 2.89. The topological polar surface area (TPSA) is 55.2 Å². The first-order chi connectivity index (χ1) is 7.47. The molecule has 0 N–H and O–H groups in total. The molecule has 0 fully saturated rings. The molecule has 1 rings (SSSR count). The number of aryl methyl sites for hydroxylation is 1. The van der Waals surface area contributed by atoms with Gasteiger partial charge in [0.15, 0.2) is 0 Å². The average molecular weight is 288 g/mol. The molecular weight excluding hydrogens is 274 g/mol. The normalized spacial score (nSPS) is 10.2. The molecule has 1 amide bonds. The van der Waals surface area contributed by atoms with Gasteiger partial charge in [-0.3, -0.25) is 14.3 Å². The summed E-state index contributed by atoms with van der Waals surface area (Å²) in [6.45, 7) is 4.33. The zero-order valence-corrected chi connectivity index (χ0v) is 11.1. The fourth-order valence-corrected chi connectivity index (χ4v) is 1.80. The maximum atomic E-state index is 11.4. The van der Waals surface area contributed by atoms with Gasteiger partial charge in [-0.05, 0) is 22.9 Å². The standard InChI is InChI=1S/C10H14BrN3O2/c1-4-14-9(8(11)5-12-14)6-13(3)10(16)7(2)15/h5H,4,6H2,1-3H3. The molecule has 0 saturated heterocycles. The van der Waals surface area contributed by atoms with Gasteiger partial charge in [-0.2, -0.15) is 5.10 Å². The fraction of sp³-hybridized carbons (Fsp3) is 0.500. The second-order valence-electron chi connectivity index (χ2n) is 3.47. The number of hydrogen-bond acceptors (Lipinski definition) is 3. The molecule has 0 unspecified atom stereocenters. The van der Waals surface area contributed by atoms with Crippen LogP contribution in [0.3, 0.4) is 0 Å². The third-order valence-electron chi connectivity index (χ3n) is 2.23. The van der Waals surface area contributed by atoms with Crippen LogP contribution in [0.2, 0.25) is 0 Å². The van der Waals surface area contributed by atoms with Gasteiger partial charge in [-0.1, -0.05) is 0 Å². The SMILES string of the molecule is CCn1ncc(Br)c1CN(C)C(=O)C(C)=O. The predicted octanol–water partition coefficient (Wildman–Crippen LogP) is 1.21. The molecule has 0 aliphatic carbocycles. The smallest absolute Gasteiger partial charge is 0.289 e. The van der Waals surface area contributed by atoms with Crippen LogP contribution in [0, 0.1) is 0 Å². The van der Waals surface area contributed by atoms with Gasteiger partial charge in [0.05, 0.1) is 22.9 Å². The van der Waals surface area contributed by atoms with Gasteiger partial charge in [-0.25, -0.2) is 0 Å². The van der Waals surface area contributed by atoms with E-state index >= 15 is 0 Å². The quantitative estimate of drug-likeness (QED) is 0.783. The minimum absolute atomic E-state index is 0.368. The second-order valence-corrected chi connectivity index (χ2v) is 4.33. The lowest BCUT2D eigenvalue weighted by atomic mass is 10.3. The summed E-state index contributed by atoms with van der Waals surface area (Å²) in [4.78, 5) is 23.7. The van der Waals surface area contributed by atoms with Crippen molar-refractivity contribution < 1.29 is 9.59 Å². The van der Waals surface area contributed by atoms with Crippen LogP contribution < -0.4 is 0 Å². The zero-order valence-electron chi connectivity index (χ0n) is 9.53. The summed E-state index contributed by atoms with van der Waals surface area (Å²) in [5.74, 6) is -0.947. The van der Waals surface area contributed by atoms with Crippen LogP contribution in [0.5, 0.6) is 0 Å². The third kappa shape index (κ3) is 2.69. The van der Waals surface area contributed by atoms with Crippen LogP contribution >= 0.6 is 15.9 Å². The first-order valence-electron chi connectivity index (χ1n) is 4.93. The lowest BCUT2D eigenvalue weighted by Crippen LogP contribution is -2.32. The molecule has 16 heavy (non-hydrogen) atoms. The highest BCUT2D eigenvalue weighted by molar-refractivity contribution is 9.10. The molecule has 0 saturated carbocycles. The molecule has 0 aromatic carbocycles. The highest BCUT2D eigenvalue weighted by Crippen LogP contribution is 2.17. The Hall–Kier alpha value is -1.17. The minimum atomic E-state index is -0.490. The number of rotatable bonds is 4. The summed E-state index contributed by atoms with van der Waals surface area (Å²) < 4.78 is 2.63. The van der Waals surface area contributed by atoms with E-state index in [4.69, 9.17) is 0 Å². The highest BCUT2D eigenvalue weighted by atomic mass is 79.9. The molecule has 88 valence electrons. The van der Waals surface area contributed by atoms with E-state index in [1.165, 1.54) is 11.8 Å². The van der Waals surface area contributed by atoms with Crippen LogP contribution in [0.15, 0.2) is 10.7 Å². The van der Waals surface area contributed by atoms with Crippen LogP contribution in [-0.2, 0) is 22.7 Å². The van der Waals surface area contributed by atoms with Gasteiger partial charge in [0.1, 0.15) is 0 Å². The van der Waals surface area contributed by atoms with E-state index in [0.717, 1.165) is 16.7 Å². The molecule has 0 bridgehead atoms. The maximum Gasteiger partial charge on any atom is 0.289 e. The molecule has 0 radical (unpaired) electrons. The predicted molar refractivity (Wildman–Crippen MR) is 62.8 cm³/mol. The molecule has 0 spiro atoms. The van der Waals surface area contributed by atoms with E-state index in [9.17, 15) is 9.59 Å². The van der Waals surface area contributed by atoms with Crippen LogP contribution in [0.1, 0.15) is 19.5 Å². The van der Waals surface area contributed by atoms with Gasteiger partial charge in [0.2, 0.25) is 5.78 Å². The van der Waals surface area contributed by atoms with Crippen molar-refractivity contribution >= 4 is 27.6 Å². The van der Waals surface area contributed by atoms with Crippen molar-refractivity contribution in [1.29, 1.82) is 0 Å². The van der Waals surface area contributed by atoms with Crippen LogP contribution in [0.25, 0.3) is 0 Å². The van der Waals surface area contributed by atoms with E-state index in [0.29, 0.717) is 6.54 Å². The Morgan fingerprint density at radius 3 is 2.69 bits per heavy atom. The number of nitrogens with zero attached hydrogens (tertiary/aromatic N) is 3. The summed E-state index contributed by atoms with van der Waals surface area (Å²) >= 11 is 3.37. The number of Topliss-reactive ketones (excluding diaryl/α,β-unsaturated/α-hetero) is 1. The molecule has 0 aliphatic heterocycles. The molecule has 6 heteroatoms. The number of halogens is 1. The monoisotopic (exact) mass is 287 g/mol. The Balaban J connectivity index is 2.83. The summed E-state index contributed by atoms with van der Waals surface area (Å²) in [5.41, 5.74) is 0.889. The molecule has 1 heterocycles. The van der Waals surface area contributed by atoms with E-state index in [1.807, 2.05) is 6.92 Å². The minimum Gasteiger partial charge on any atom is -0.333 e. The summed E-state index contributed by atoms with van der Waals surface area (Å²) in [6.07, 6.45) is 1.69. The number of amides is 1. The number of carbonyl (C=O) groups is 2.